The Bertz CT molecular complexity index is 910. The third-order valence-corrected chi connectivity index (χ3v) is 4.53. The van der Waals surface area contributed by atoms with E-state index in [9.17, 15) is 9.18 Å². The van der Waals surface area contributed by atoms with Crippen LogP contribution in [0.1, 0.15) is 12.5 Å². The van der Waals surface area contributed by atoms with Crippen LogP contribution in [0.3, 0.4) is 0 Å². The smallest absolute Gasteiger partial charge is 0.287 e. The Morgan fingerprint density at radius 3 is 2.72 bits per heavy atom. The molecule has 0 bridgehead atoms. The van der Waals surface area contributed by atoms with Crippen LogP contribution >= 0.6 is 11.8 Å². The summed E-state index contributed by atoms with van der Waals surface area (Å²) in [5.41, 5.74) is 1.35. The van der Waals surface area contributed by atoms with Gasteiger partial charge in [0.05, 0.1) is 6.61 Å². The van der Waals surface area contributed by atoms with Crippen LogP contribution < -0.4 is 10.3 Å². The Kier molecular flexibility index (Phi) is 5.50. The molecule has 1 heterocycles. The van der Waals surface area contributed by atoms with Crippen LogP contribution in [0.4, 0.5) is 4.39 Å². The van der Waals surface area contributed by atoms with Crippen LogP contribution in [0.25, 0.3) is 5.69 Å². The van der Waals surface area contributed by atoms with E-state index in [2.05, 4.69) is 4.98 Å². The quantitative estimate of drug-likeness (QED) is 0.625. The van der Waals surface area contributed by atoms with Crippen molar-refractivity contribution in [3.8, 4) is 11.4 Å². The lowest BCUT2D eigenvalue weighted by atomic mass is 10.2. The Morgan fingerprint density at radius 2 is 2.00 bits per heavy atom. The summed E-state index contributed by atoms with van der Waals surface area (Å²) in [5, 5.41) is 0.376. The Balaban J connectivity index is 1.81. The van der Waals surface area contributed by atoms with Gasteiger partial charge < -0.3 is 4.74 Å². The molecule has 0 N–H and O–H groups in total. The van der Waals surface area contributed by atoms with Crippen molar-refractivity contribution in [2.24, 2.45) is 0 Å². The number of thioether (sulfide) groups is 1. The molecule has 0 fully saturated rings. The predicted molar refractivity (Wildman–Crippen MR) is 97.0 cm³/mol. The summed E-state index contributed by atoms with van der Waals surface area (Å²) in [6.07, 6.45) is 3.22. The molecule has 0 saturated carbocycles. The molecule has 0 aliphatic rings. The molecule has 0 radical (unpaired) electrons. The molecular formula is C19H17FN2O2S. The van der Waals surface area contributed by atoms with E-state index in [1.807, 2.05) is 37.3 Å². The number of benzene rings is 2. The summed E-state index contributed by atoms with van der Waals surface area (Å²) < 4.78 is 20.2. The maximum Gasteiger partial charge on any atom is 0.287 e. The number of aromatic nitrogens is 2. The van der Waals surface area contributed by atoms with Crippen LogP contribution in [-0.2, 0) is 5.75 Å². The van der Waals surface area contributed by atoms with E-state index in [0.717, 1.165) is 17.0 Å². The minimum Gasteiger partial charge on any atom is -0.494 e. The summed E-state index contributed by atoms with van der Waals surface area (Å²) in [7, 11) is 0. The SMILES string of the molecule is CCOc1ccc(-n2ccnc(SCc3cccc(F)c3)c2=O)cc1. The molecule has 0 saturated heterocycles. The van der Waals surface area contributed by atoms with Crippen molar-refractivity contribution in [3.05, 3.63) is 82.7 Å². The van der Waals surface area contributed by atoms with Gasteiger partial charge in [0.1, 0.15) is 11.6 Å². The molecule has 0 spiro atoms. The molecule has 2 aromatic carbocycles. The fourth-order valence-electron chi connectivity index (χ4n) is 2.34. The molecule has 128 valence electrons. The predicted octanol–water partition coefficient (Wildman–Crippen LogP) is 4.06. The number of hydrogen-bond donors (Lipinski definition) is 0. The van der Waals surface area contributed by atoms with Crippen molar-refractivity contribution in [1.82, 2.24) is 9.55 Å². The number of hydrogen-bond acceptors (Lipinski definition) is 4. The zero-order valence-corrected chi connectivity index (χ0v) is 14.5. The first kappa shape index (κ1) is 17.2. The first-order chi connectivity index (χ1) is 12.2. The fraction of sp³-hybridized carbons (Fsp3) is 0.158. The van der Waals surface area contributed by atoms with Gasteiger partial charge in [-0.3, -0.25) is 9.36 Å². The lowest BCUT2D eigenvalue weighted by Gasteiger charge is -2.09. The van der Waals surface area contributed by atoms with Gasteiger partial charge in [0, 0.05) is 23.8 Å². The van der Waals surface area contributed by atoms with Gasteiger partial charge in [-0.1, -0.05) is 23.9 Å². The maximum atomic E-state index is 13.2. The first-order valence-electron chi connectivity index (χ1n) is 7.85. The zero-order chi connectivity index (χ0) is 17.6. The van der Waals surface area contributed by atoms with Crippen LogP contribution in [-0.4, -0.2) is 16.2 Å². The molecule has 0 unspecified atom stereocenters. The second-order valence-electron chi connectivity index (χ2n) is 5.25. The molecule has 0 aliphatic carbocycles. The van der Waals surface area contributed by atoms with Crippen molar-refractivity contribution in [3.63, 3.8) is 0 Å². The molecule has 4 nitrogen and oxygen atoms in total. The highest BCUT2D eigenvalue weighted by atomic mass is 32.2. The van der Waals surface area contributed by atoms with Crippen LogP contribution in [0.5, 0.6) is 5.75 Å². The maximum absolute atomic E-state index is 13.2. The molecule has 3 rings (SSSR count). The van der Waals surface area contributed by atoms with Crippen LogP contribution in [0, 0.1) is 5.82 Å². The summed E-state index contributed by atoms with van der Waals surface area (Å²) >= 11 is 1.29. The number of nitrogens with zero attached hydrogens (tertiary/aromatic N) is 2. The fourth-order valence-corrected chi connectivity index (χ4v) is 3.18. The third kappa shape index (κ3) is 4.28. The van der Waals surface area contributed by atoms with Crippen LogP contribution in [0.2, 0.25) is 0 Å². The van der Waals surface area contributed by atoms with Crippen molar-refractivity contribution in [2.45, 2.75) is 17.7 Å². The van der Waals surface area contributed by atoms with E-state index in [1.165, 1.54) is 28.5 Å². The summed E-state index contributed by atoms with van der Waals surface area (Å²) in [6, 6.07) is 13.6. The van der Waals surface area contributed by atoms with Gasteiger partial charge in [-0.2, -0.15) is 0 Å². The number of halogens is 1. The van der Waals surface area contributed by atoms with Crippen molar-refractivity contribution < 1.29 is 9.13 Å². The van der Waals surface area contributed by atoms with Gasteiger partial charge in [-0.25, -0.2) is 9.37 Å². The second kappa shape index (κ2) is 7.98. The topological polar surface area (TPSA) is 44.1 Å². The monoisotopic (exact) mass is 356 g/mol. The molecule has 1 aromatic heterocycles. The van der Waals surface area contributed by atoms with E-state index in [1.54, 1.807) is 18.5 Å². The van der Waals surface area contributed by atoms with Gasteiger partial charge in [0.2, 0.25) is 0 Å². The molecule has 25 heavy (non-hydrogen) atoms. The van der Waals surface area contributed by atoms with Gasteiger partial charge >= 0.3 is 0 Å². The molecular weight excluding hydrogens is 339 g/mol. The average Bonchev–Trinajstić information content (AvgIpc) is 2.62. The largest absolute Gasteiger partial charge is 0.494 e. The Labute approximate surface area is 149 Å². The van der Waals surface area contributed by atoms with E-state index < -0.39 is 0 Å². The van der Waals surface area contributed by atoms with E-state index in [0.29, 0.717) is 17.4 Å². The highest BCUT2D eigenvalue weighted by Crippen LogP contribution is 2.19. The minimum absolute atomic E-state index is 0.201. The summed E-state index contributed by atoms with van der Waals surface area (Å²) in [6.45, 7) is 2.51. The highest BCUT2D eigenvalue weighted by Gasteiger charge is 2.08. The Morgan fingerprint density at radius 1 is 1.20 bits per heavy atom. The first-order valence-corrected chi connectivity index (χ1v) is 8.84. The minimum atomic E-state index is -0.286. The number of rotatable bonds is 6. The van der Waals surface area contributed by atoms with Gasteiger partial charge in [0.15, 0.2) is 5.03 Å². The van der Waals surface area contributed by atoms with Crippen molar-refractivity contribution >= 4 is 11.8 Å². The second-order valence-corrected chi connectivity index (χ2v) is 6.22. The number of ether oxygens (including phenoxy) is 1. The molecule has 6 heteroatoms. The zero-order valence-electron chi connectivity index (χ0n) is 13.7. The van der Waals surface area contributed by atoms with Crippen molar-refractivity contribution in [1.29, 1.82) is 0 Å². The van der Waals surface area contributed by atoms with E-state index in [4.69, 9.17) is 4.74 Å². The molecule has 0 atom stereocenters. The van der Waals surface area contributed by atoms with Gasteiger partial charge in [-0.05, 0) is 48.9 Å². The molecule has 0 aliphatic heterocycles. The molecule has 3 aromatic rings. The summed E-state index contributed by atoms with van der Waals surface area (Å²) in [5.74, 6) is 0.952. The third-order valence-electron chi connectivity index (χ3n) is 3.50. The van der Waals surface area contributed by atoms with Crippen molar-refractivity contribution in [2.75, 3.05) is 6.61 Å². The van der Waals surface area contributed by atoms with E-state index >= 15 is 0 Å². The molecule has 0 amide bonds. The van der Waals surface area contributed by atoms with E-state index in [-0.39, 0.29) is 11.4 Å². The standard InChI is InChI=1S/C19H17FN2O2S/c1-2-24-17-8-6-16(7-9-17)22-11-10-21-18(19(22)23)25-13-14-4-3-5-15(20)12-14/h3-12H,2,13H2,1H3. The lowest BCUT2D eigenvalue weighted by molar-refractivity contribution is 0.340. The van der Waals surface area contributed by atoms with Gasteiger partial charge in [0.25, 0.3) is 5.56 Å². The Hall–Kier alpha value is -2.60. The van der Waals surface area contributed by atoms with Gasteiger partial charge in [-0.15, -0.1) is 0 Å². The highest BCUT2D eigenvalue weighted by molar-refractivity contribution is 7.98. The normalized spacial score (nSPS) is 10.6. The van der Waals surface area contributed by atoms with Crippen LogP contribution in [0.15, 0.2) is 70.7 Å². The summed E-state index contributed by atoms with van der Waals surface area (Å²) in [4.78, 5) is 16.8. The average molecular weight is 356 g/mol. The lowest BCUT2D eigenvalue weighted by Crippen LogP contribution is -2.20.